The Labute approximate surface area is 74.5 Å². The van der Waals surface area contributed by atoms with Gasteiger partial charge in [0.15, 0.2) is 0 Å². The molecule has 1 nitrogen and oxygen atoms in total. The normalized spacial score (nSPS) is 11.0. The molecule has 1 heteroatoms. The maximum Gasteiger partial charge on any atom is 0.119 e. The number of rotatable bonds is 7. The van der Waals surface area contributed by atoms with Crippen molar-refractivity contribution in [1.29, 1.82) is 0 Å². The molecule has 0 saturated heterocycles. The average molecular weight is 164 g/mol. The lowest BCUT2D eigenvalue weighted by atomic mass is 10.2. The van der Waals surface area contributed by atoms with E-state index in [9.17, 15) is 4.79 Å². The second-order valence-electron chi connectivity index (χ2n) is 2.50. The average Bonchev–Trinajstić information content (AvgIpc) is 2.10. The van der Waals surface area contributed by atoms with Crippen LogP contribution in [0.3, 0.4) is 0 Å². The van der Waals surface area contributed by atoms with E-state index in [4.69, 9.17) is 0 Å². The number of hydrogen-bond donors (Lipinski definition) is 0. The van der Waals surface area contributed by atoms with Crippen LogP contribution in [-0.4, -0.2) is 6.29 Å². The fraction of sp³-hybridized carbons (Fsp3) is 0.364. The molecular weight excluding hydrogens is 148 g/mol. The molecular formula is C11H16O. The van der Waals surface area contributed by atoms with E-state index in [1.165, 1.54) is 0 Å². The Hall–Kier alpha value is -1.11. The molecule has 66 valence electrons. The van der Waals surface area contributed by atoms with E-state index in [-0.39, 0.29) is 0 Å². The summed E-state index contributed by atoms with van der Waals surface area (Å²) < 4.78 is 0. The van der Waals surface area contributed by atoms with Crippen LogP contribution in [0.5, 0.6) is 0 Å². The zero-order chi connectivity index (χ0) is 9.07. The maximum absolute atomic E-state index is 9.94. The van der Waals surface area contributed by atoms with Crippen molar-refractivity contribution in [3.05, 3.63) is 37.0 Å². The van der Waals surface area contributed by atoms with E-state index in [1.54, 1.807) is 6.08 Å². The van der Waals surface area contributed by atoms with Gasteiger partial charge in [0, 0.05) is 6.42 Å². The van der Waals surface area contributed by atoms with Crippen LogP contribution in [0.1, 0.15) is 25.7 Å². The zero-order valence-electron chi connectivity index (χ0n) is 7.41. The van der Waals surface area contributed by atoms with E-state index >= 15 is 0 Å². The Balaban J connectivity index is 3.18. The molecule has 0 radical (unpaired) electrons. The van der Waals surface area contributed by atoms with Gasteiger partial charge >= 0.3 is 0 Å². The summed E-state index contributed by atoms with van der Waals surface area (Å²) in [5, 5.41) is 0. The summed E-state index contributed by atoms with van der Waals surface area (Å²) in [7, 11) is 0. The quantitative estimate of drug-likeness (QED) is 0.321. The molecule has 0 heterocycles. The van der Waals surface area contributed by atoms with Crippen LogP contribution in [0.4, 0.5) is 0 Å². The van der Waals surface area contributed by atoms with Gasteiger partial charge < -0.3 is 4.79 Å². The lowest BCUT2D eigenvalue weighted by molar-refractivity contribution is -0.107. The number of carbonyl (C=O) groups is 1. The first-order valence-corrected chi connectivity index (χ1v) is 4.29. The first-order valence-electron chi connectivity index (χ1n) is 4.29. The summed E-state index contributed by atoms with van der Waals surface area (Å²) in [5.41, 5.74) is 0. The molecule has 0 amide bonds. The van der Waals surface area contributed by atoms with Crippen LogP contribution < -0.4 is 0 Å². The van der Waals surface area contributed by atoms with Crippen molar-refractivity contribution in [3.8, 4) is 0 Å². The highest BCUT2D eigenvalue weighted by molar-refractivity contribution is 5.48. The minimum atomic E-state index is 0.691. The predicted molar refractivity (Wildman–Crippen MR) is 53.0 cm³/mol. The third kappa shape index (κ3) is 8.89. The van der Waals surface area contributed by atoms with Gasteiger partial charge in [-0.3, -0.25) is 0 Å². The van der Waals surface area contributed by atoms with Crippen LogP contribution in [-0.2, 0) is 4.79 Å². The lowest BCUT2D eigenvalue weighted by Crippen LogP contribution is -1.75. The molecule has 0 bridgehead atoms. The highest BCUT2D eigenvalue weighted by Gasteiger charge is 1.82. The zero-order valence-corrected chi connectivity index (χ0v) is 7.41. The maximum atomic E-state index is 9.94. The third-order valence-corrected chi connectivity index (χ3v) is 1.44. The molecule has 0 rings (SSSR count). The summed E-state index contributed by atoms with van der Waals surface area (Å²) in [6, 6.07) is 0. The summed E-state index contributed by atoms with van der Waals surface area (Å²) in [6.45, 7) is 3.56. The van der Waals surface area contributed by atoms with Crippen LogP contribution in [0.2, 0.25) is 0 Å². The molecule has 0 aliphatic heterocycles. The van der Waals surface area contributed by atoms with Gasteiger partial charge in [0.25, 0.3) is 0 Å². The SMILES string of the molecule is C=CC=CC=CCCCCC=O. The molecule has 0 aliphatic rings. The summed E-state index contributed by atoms with van der Waals surface area (Å²) in [5.74, 6) is 0. The molecule has 0 aromatic rings. The van der Waals surface area contributed by atoms with Gasteiger partial charge in [-0.2, -0.15) is 0 Å². The standard InChI is InChI=1S/C11H16O/c1-2-3-4-5-6-7-8-9-10-11-12/h2-6,11H,1,7-10H2. The van der Waals surface area contributed by atoms with Crippen molar-refractivity contribution in [3.63, 3.8) is 0 Å². The fourth-order valence-electron chi connectivity index (χ4n) is 0.807. The fourth-order valence-corrected chi connectivity index (χ4v) is 0.807. The Kier molecular flexibility index (Phi) is 8.98. The van der Waals surface area contributed by atoms with Gasteiger partial charge in [-0.25, -0.2) is 0 Å². The van der Waals surface area contributed by atoms with E-state index < -0.39 is 0 Å². The van der Waals surface area contributed by atoms with Crippen LogP contribution in [0, 0.1) is 0 Å². The summed E-state index contributed by atoms with van der Waals surface area (Å²) in [6.07, 6.45) is 14.5. The van der Waals surface area contributed by atoms with Crippen molar-refractivity contribution >= 4 is 6.29 Å². The number of aldehydes is 1. The monoisotopic (exact) mass is 164 g/mol. The molecule has 0 atom stereocenters. The number of allylic oxidation sites excluding steroid dienone is 5. The molecule has 0 aromatic carbocycles. The number of unbranched alkanes of at least 4 members (excludes halogenated alkanes) is 3. The van der Waals surface area contributed by atoms with E-state index in [0.717, 1.165) is 25.5 Å². The van der Waals surface area contributed by atoms with Gasteiger partial charge in [0.1, 0.15) is 6.29 Å². The number of hydrogen-bond acceptors (Lipinski definition) is 1. The highest BCUT2D eigenvalue weighted by Crippen LogP contribution is 1.98. The second-order valence-corrected chi connectivity index (χ2v) is 2.50. The Morgan fingerprint density at radius 1 is 1.00 bits per heavy atom. The van der Waals surface area contributed by atoms with Crippen LogP contribution in [0.15, 0.2) is 37.0 Å². The molecule has 0 saturated carbocycles. The van der Waals surface area contributed by atoms with Crippen molar-refractivity contribution in [2.75, 3.05) is 0 Å². The topological polar surface area (TPSA) is 17.1 Å². The molecule has 0 aromatic heterocycles. The lowest BCUT2D eigenvalue weighted by Gasteiger charge is -1.89. The first-order chi connectivity index (χ1) is 5.91. The molecule has 0 spiro atoms. The Morgan fingerprint density at radius 3 is 2.42 bits per heavy atom. The first kappa shape index (κ1) is 10.9. The minimum absolute atomic E-state index is 0.691. The van der Waals surface area contributed by atoms with Gasteiger partial charge in [-0.1, -0.05) is 37.0 Å². The minimum Gasteiger partial charge on any atom is -0.303 e. The molecule has 0 unspecified atom stereocenters. The molecule has 12 heavy (non-hydrogen) atoms. The van der Waals surface area contributed by atoms with Crippen molar-refractivity contribution < 1.29 is 4.79 Å². The van der Waals surface area contributed by atoms with E-state index in [0.29, 0.717) is 6.42 Å². The smallest absolute Gasteiger partial charge is 0.119 e. The summed E-state index contributed by atoms with van der Waals surface area (Å²) in [4.78, 5) is 9.94. The highest BCUT2D eigenvalue weighted by atomic mass is 16.1. The third-order valence-electron chi connectivity index (χ3n) is 1.44. The van der Waals surface area contributed by atoms with Crippen molar-refractivity contribution in [1.82, 2.24) is 0 Å². The van der Waals surface area contributed by atoms with Crippen LogP contribution >= 0.6 is 0 Å². The number of carbonyl (C=O) groups excluding carboxylic acids is 1. The molecule has 0 fully saturated rings. The predicted octanol–water partition coefficient (Wildman–Crippen LogP) is 3.04. The van der Waals surface area contributed by atoms with Gasteiger partial charge in [-0.05, 0) is 19.3 Å². The Morgan fingerprint density at radius 2 is 1.75 bits per heavy atom. The van der Waals surface area contributed by atoms with E-state index in [1.807, 2.05) is 18.2 Å². The Bertz CT molecular complexity index is 166. The second kappa shape index (κ2) is 9.89. The molecule has 0 N–H and O–H groups in total. The van der Waals surface area contributed by atoms with Crippen LogP contribution in [0.25, 0.3) is 0 Å². The van der Waals surface area contributed by atoms with E-state index in [2.05, 4.69) is 12.7 Å². The van der Waals surface area contributed by atoms with Gasteiger partial charge in [0.2, 0.25) is 0 Å². The largest absolute Gasteiger partial charge is 0.303 e. The van der Waals surface area contributed by atoms with Crippen molar-refractivity contribution in [2.45, 2.75) is 25.7 Å². The molecule has 0 aliphatic carbocycles. The summed E-state index contributed by atoms with van der Waals surface area (Å²) >= 11 is 0. The van der Waals surface area contributed by atoms with Gasteiger partial charge in [0.05, 0.1) is 0 Å². The van der Waals surface area contributed by atoms with Crippen molar-refractivity contribution in [2.24, 2.45) is 0 Å². The van der Waals surface area contributed by atoms with Gasteiger partial charge in [-0.15, -0.1) is 0 Å².